The molecular formula is C24H33Cl2N3O3. The van der Waals surface area contributed by atoms with E-state index in [1.807, 2.05) is 11.0 Å². The first-order valence-corrected chi connectivity index (χ1v) is 12.1. The fourth-order valence-electron chi connectivity index (χ4n) is 4.42. The van der Waals surface area contributed by atoms with Crippen LogP contribution >= 0.6 is 23.2 Å². The first-order chi connectivity index (χ1) is 15.5. The van der Waals surface area contributed by atoms with Gasteiger partial charge in [-0.3, -0.25) is 9.59 Å². The molecule has 0 radical (unpaired) electrons. The van der Waals surface area contributed by atoms with Gasteiger partial charge in [0.2, 0.25) is 11.8 Å². The van der Waals surface area contributed by atoms with Crippen LogP contribution in [0.4, 0.5) is 0 Å². The standard InChI is InChI=1S/C24H33Cl2N3O3/c1-32-18-20-4-2-10-27(17-20)11-3-12-28-14-15-29(13-9-24(28)31)23(30)8-6-19-5-7-21(25)22(26)16-19/h5-8,16,20H,2-4,9-15,17-18H2,1H3. The van der Waals surface area contributed by atoms with Crippen molar-refractivity contribution >= 4 is 41.1 Å². The van der Waals surface area contributed by atoms with Crippen LogP contribution in [0, 0.1) is 5.92 Å². The molecule has 1 unspecified atom stereocenters. The minimum Gasteiger partial charge on any atom is -0.384 e. The lowest BCUT2D eigenvalue weighted by molar-refractivity contribution is -0.130. The van der Waals surface area contributed by atoms with E-state index in [1.54, 1.807) is 30.2 Å². The highest BCUT2D eigenvalue weighted by Gasteiger charge is 2.23. The Morgan fingerprint density at radius 1 is 1.16 bits per heavy atom. The van der Waals surface area contributed by atoms with Gasteiger partial charge in [-0.05, 0) is 62.0 Å². The van der Waals surface area contributed by atoms with Crippen molar-refractivity contribution in [3.63, 3.8) is 0 Å². The number of methoxy groups -OCH3 is 1. The highest BCUT2D eigenvalue weighted by atomic mass is 35.5. The fraction of sp³-hybridized carbons (Fsp3) is 0.583. The SMILES string of the molecule is COCC1CCCN(CCCN2CCN(C(=O)C=Cc3ccc(Cl)c(Cl)c3)CCC2=O)C1. The molecule has 0 aliphatic carbocycles. The van der Waals surface area contributed by atoms with E-state index >= 15 is 0 Å². The van der Waals surface area contributed by atoms with Crippen LogP contribution in [-0.4, -0.2) is 86.0 Å². The number of carbonyl (C=O) groups excluding carboxylic acids is 2. The van der Waals surface area contributed by atoms with Gasteiger partial charge in [0.25, 0.3) is 0 Å². The Balaban J connectivity index is 1.44. The number of benzene rings is 1. The van der Waals surface area contributed by atoms with E-state index in [2.05, 4.69) is 4.90 Å². The Bertz CT molecular complexity index is 816. The van der Waals surface area contributed by atoms with E-state index in [1.165, 1.54) is 18.9 Å². The largest absolute Gasteiger partial charge is 0.384 e. The molecule has 8 heteroatoms. The first kappa shape index (κ1) is 25.0. The number of ether oxygens (including phenoxy) is 1. The van der Waals surface area contributed by atoms with Crippen molar-refractivity contribution in [1.29, 1.82) is 0 Å². The molecule has 0 spiro atoms. The van der Waals surface area contributed by atoms with E-state index in [0.717, 1.165) is 44.8 Å². The lowest BCUT2D eigenvalue weighted by Crippen LogP contribution is -2.40. The van der Waals surface area contributed by atoms with Gasteiger partial charge in [0, 0.05) is 52.3 Å². The molecule has 2 heterocycles. The lowest BCUT2D eigenvalue weighted by Gasteiger charge is -2.33. The summed E-state index contributed by atoms with van der Waals surface area (Å²) >= 11 is 12.0. The van der Waals surface area contributed by atoms with Gasteiger partial charge in [-0.15, -0.1) is 0 Å². The summed E-state index contributed by atoms with van der Waals surface area (Å²) in [6, 6.07) is 5.24. The number of piperidine rings is 1. The number of nitrogens with zero attached hydrogens (tertiary/aromatic N) is 3. The molecule has 0 N–H and O–H groups in total. The Kier molecular flexibility index (Phi) is 9.85. The van der Waals surface area contributed by atoms with Crippen molar-refractivity contribution in [1.82, 2.24) is 14.7 Å². The lowest BCUT2D eigenvalue weighted by atomic mass is 9.99. The molecule has 2 saturated heterocycles. The number of amides is 2. The maximum absolute atomic E-state index is 12.6. The summed E-state index contributed by atoms with van der Waals surface area (Å²) in [7, 11) is 1.76. The van der Waals surface area contributed by atoms with Gasteiger partial charge in [-0.25, -0.2) is 0 Å². The highest BCUT2D eigenvalue weighted by molar-refractivity contribution is 6.42. The van der Waals surface area contributed by atoms with Crippen LogP contribution in [0.5, 0.6) is 0 Å². The summed E-state index contributed by atoms with van der Waals surface area (Å²) in [5, 5.41) is 0.937. The minimum atomic E-state index is -0.0942. The van der Waals surface area contributed by atoms with Crippen LogP contribution in [0.3, 0.4) is 0 Å². The second-order valence-corrected chi connectivity index (χ2v) is 9.40. The molecule has 32 heavy (non-hydrogen) atoms. The summed E-state index contributed by atoms with van der Waals surface area (Å²) in [6.07, 6.45) is 7.03. The molecule has 0 aromatic heterocycles. The fourth-order valence-corrected chi connectivity index (χ4v) is 4.73. The van der Waals surface area contributed by atoms with Crippen LogP contribution in [0.1, 0.15) is 31.2 Å². The Hall–Kier alpha value is -1.60. The highest BCUT2D eigenvalue weighted by Crippen LogP contribution is 2.23. The van der Waals surface area contributed by atoms with E-state index in [9.17, 15) is 9.59 Å². The number of likely N-dealkylation sites (tertiary alicyclic amines) is 1. The summed E-state index contributed by atoms with van der Waals surface area (Å²) in [4.78, 5) is 31.3. The van der Waals surface area contributed by atoms with Gasteiger partial charge < -0.3 is 19.4 Å². The number of hydrogen-bond acceptors (Lipinski definition) is 4. The number of halogens is 2. The van der Waals surface area contributed by atoms with Crippen molar-refractivity contribution in [2.24, 2.45) is 5.92 Å². The van der Waals surface area contributed by atoms with E-state index in [0.29, 0.717) is 42.0 Å². The molecule has 2 amide bonds. The molecule has 2 aliphatic rings. The number of hydrogen-bond donors (Lipinski definition) is 0. The molecular weight excluding hydrogens is 449 g/mol. The van der Waals surface area contributed by atoms with Gasteiger partial charge in [0.1, 0.15) is 0 Å². The topological polar surface area (TPSA) is 53.1 Å². The van der Waals surface area contributed by atoms with Crippen molar-refractivity contribution in [2.45, 2.75) is 25.7 Å². The van der Waals surface area contributed by atoms with Crippen molar-refractivity contribution in [2.75, 3.05) is 59.5 Å². The molecule has 0 saturated carbocycles. The maximum atomic E-state index is 12.6. The quantitative estimate of drug-likeness (QED) is 0.529. The Morgan fingerprint density at radius 2 is 2.00 bits per heavy atom. The van der Waals surface area contributed by atoms with Gasteiger partial charge in [-0.2, -0.15) is 0 Å². The molecule has 2 aliphatic heterocycles. The van der Waals surface area contributed by atoms with E-state index in [-0.39, 0.29) is 11.8 Å². The summed E-state index contributed by atoms with van der Waals surface area (Å²) in [5.41, 5.74) is 0.811. The van der Waals surface area contributed by atoms with Crippen LogP contribution in [0.25, 0.3) is 6.08 Å². The van der Waals surface area contributed by atoms with E-state index in [4.69, 9.17) is 27.9 Å². The Morgan fingerprint density at radius 3 is 2.78 bits per heavy atom. The summed E-state index contributed by atoms with van der Waals surface area (Å²) < 4.78 is 5.31. The van der Waals surface area contributed by atoms with Gasteiger partial charge >= 0.3 is 0 Å². The number of carbonyl (C=O) groups is 2. The van der Waals surface area contributed by atoms with Crippen LogP contribution < -0.4 is 0 Å². The second-order valence-electron chi connectivity index (χ2n) is 8.58. The Labute approximate surface area is 201 Å². The molecule has 1 aromatic rings. The molecule has 0 bridgehead atoms. The van der Waals surface area contributed by atoms with Gasteiger partial charge in [0.15, 0.2) is 0 Å². The minimum absolute atomic E-state index is 0.0942. The predicted molar refractivity (Wildman–Crippen MR) is 129 cm³/mol. The maximum Gasteiger partial charge on any atom is 0.246 e. The van der Waals surface area contributed by atoms with Crippen molar-refractivity contribution in [3.05, 3.63) is 39.9 Å². The average Bonchev–Trinajstić information content (AvgIpc) is 2.97. The van der Waals surface area contributed by atoms with Crippen LogP contribution in [-0.2, 0) is 14.3 Å². The third-order valence-corrected chi connectivity index (χ3v) is 6.91. The van der Waals surface area contributed by atoms with Crippen molar-refractivity contribution < 1.29 is 14.3 Å². The smallest absolute Gasteiger partial charge is 0.246 e. The monoisotopic (exact) mass is 481 g/mol. The van der Waals surface area contributed by atoms with Gasteiger partial charge in [-0.1, -0.05) is 29.3 Å². The third kappa shape index (κ3) is 7.48. The third-order valence-electron chi connectivity index (χ3n) is 6.17. The second kappa shape index (κ2) is 12.6. The summed E-state index contributed by atoms with van der Waals surface area (Å²) in [6.45, 7) is 6.35. The predicted octanol–water partition coefficient (Wildman–Crippen LogP) is 3.82. The summed E-state index contributed by atoms with van der Waals surface area (Å²) in [5.74, 6) is 0.651. The van der Waals surface area contributed by atoms with Crippen LogP contribution in [0.2, 0.25) is 10.0 Å². The molecule has 6 nitrogen and oxygen atoms in total. The number of rotatable bonds is 8. The average molecular weight is 482 g/mol. The first-order valence-electron chi connectivity index (χ1n) is 11.4. The molecule has 1 atom stereocenters. The molecule has 3 rings (SSSR count). The molecule has 1 aromatic carbocycles. The zero-order chi connectivity index (χ0) is 22.9. The van der Waals surface area contributed by atoms with Gasteiger partial charge in [0.05, 0.1) is 16.7 Å². The van der Waals surface area contributed by atoms with Crippen LogP contribution in [0.15, 0.2) is 24.3 Å². The zero-order valence-electron chi connectivity index (χ0n) is 18.8. The molecule has 176 valence electrons. The normalized spacial score (nSPS) is 20.7. The molecule has 2 fully saturated rings. The van der Waals surface area contributed by atoms with E-state index < -0.39 is 0 Å². The van der Waals surface area contributed by atoms with Crippen molar-refractivity contribution in [3.8, 4) is 0 Å². The zero-order valence-corrected chi connectivity index (χ0v) is 20.3.